The van der Waals surface area contributed by atoms with Crippen LogP contribution in [-0.2, 0) is 11.3 Å². The lowest BCUT2D eigenvalue weighted by Gasteiger charge is -2.24. The zero-order valence-corrected chi connectivity index (χ0v) is 14.6. The van der Waals surface area contributed by atoms with Crippen molar-refractivity contribution >= 4 is 5.91 Å². The van der Waals surface area contributed by atoms with E-state index in [2.05, 4.69) is 20.1 Å². The van der Waals surface area contributed by atoms with Gasteiger partial charge in [-0.1, -0.05) is 37.5 Å². The van der Waals surface area contributed by atoms with Crippen molar-refractivity contribution in [1.29, 1.82) is 0 Å². The Morgan fingerprint density at radius 1 is 1.20 bits per heavy atom. The number of carbonyl (C=O) groups excluding carboxylic acids is 1. The third kappa shape index (κ3) is 5.31. The highest BCUT2D eigenvalue weighted by Gasteiger charge is 2.18. The molecular weight excluding hydrogens is 316 g/mol. The Hall–Kier alpha value is -2.37. The highest BCUT2D eigenvalue weighted by molar-refractivity contribution is 5.75. The molecule has 6 heteroatoms. The molecule has 0 bridgehead atoms. The molecule has 3 rings (SSSR count). The summed E-state index contributed by atoms with van der Waals surface area (Å²) < 4.78 is 7.74. The van der Waals surface area contributed by atoms with Crippen LogP contribution in [0.5, 0.6) is 5.75 Å². The quantitative estimate of drug-likeness (QED) is 0.748. The highest BCUT2D eigenvalue weighted by Crippen LogP contribution is 2.28. The standard InChI is InChI=1S/C19H26N4O2/c24-19(12-7-13-25-17-10-5-2-6-11-17)20-14-18-22-21-15-23(18)16-8-3-1-4-9-16/h2,5-6,10-11,15-16H,1,3-4,7-9,12-14H2,(H,20,24). The molecule has 1 heterocycles. The summed E-state index contributed by atoms with van der Waals surface area (Å²) >= 11 is 0. The third-order valence-corrected chi connectivity index (χ3v) is 4.62. The Kier molecular flexibility index (Phi) is 6.42. The van der Waals surface area contributed by atoms with Gasteiger partial charge < -0.3 is 14.6 Å². The van der Waals surface area contributed by atoms with Crippen LogP contribution in [0.15, 0.2) is 36.7 Å². The van der Waals surface area contributed by atoms with Crippen LogP contribution < -0.4 is 10.1 Å². The fraction of sp³-hybridized carbons (Fsp3) is 0.526. The van der Waals surface area contributed by atoms with E-state index in [9.17, 15) is 4.79 Å². The minimum absolute atomic E-state index is 0.0230. The highest BCUT2D eigenvalue weighted by atomic mass is 16.5. The van der Waals surface area contributed by atoms with E-state index in [1.54, 1.807) is 6.33 Å². The summed E-state index contributed by atoms with van der Waals surface area (Å²) in [6.07, 6.45) is 9.12. The van der Waals surface area contributed by atoms with Gasteiger partial charge >= 0.3 is 0 Å². The van der Waals surface area contributed by atoms with Gasteiger partial charge in [-0.25, -0.2) is 0 Å². The van der Waals surface area contributed by atoms with E-state index in [1.165, 1.54) is 32.1 Å². The van der Waals surface area contributed by atoms with Crippen molar-refractivity contribution in [2.75, 3.05) is 6.61 Å². The summed E-state index contributed by atoms with van der Waals surface area (Å²) in [7, 11) is 0. The molecule has 6 nitrogen and oxygen atoms in total. The number of nitrogens with one attached hydrogen (secondary N) is 1. The van der Waals surface area contributed by atoms with Crippen molar-refractivity contribution in [1.82, 2.24) is 20.1 Å². The van der Waals surface area contributed by atoms with Gasteiger partial charge in [0.05, 0.1) is 13.2 Å². The van der Waals surface area contributed by atoms with Crippen molar-refractivity contribution in [3.05, 3.63) is 42.5 Å². The van der Waals surface area contributed by atoms with Crippen LogP contribution >= 0.6 is 0 Å². The molecule has 25 heavy (non-hydrogen) atoms. The van der Waals surface area contributed by atoms with Gasteiger partial charge in [0.1, 0.15) is 12.1 Å². The first-order valence-corrected chi connectivity index (χ1v) is 9.16. The Labute approximate surface area is 148 Å². The Morgan fingerprint density at radius 2 is 2.00 bits per heavy atom. The third-order valence-electron chi connectivity index (χ3n) is 4.62. The molecular formula is C19H26N4O2. The fourth-order valence-electron chi connectivity index (χ4n) is 3.26. The summed E-state index contributed by atoms with van der Waals surface area (Å²) in [6.45, 7) is 0.977. The average molecular weight is 342 g/mol. The van der Waals surface area contributed by atoms with Gasteiger partial charge in [-0.3, -0.25) is 4.79 Å². The largest absolute Gasteiger partial charge is 0.494 e. The van der Waals surface area contributed by atoms with E-state index < -0.39 is 0 Å². The first-order valence-electron chi connectivity index (χ1n) is 9.16. The van der Waals surface area contributed by atoms with Crippen molar-refractivity contribution in [2.24, 2.45) is 0 Å². The number of aromatic nitrogens is 3. The van der Waals surface area contributed by atoms with Crippen molar-refractivity contribution in [2.45, 2.75) is 57.5 Å². The molecule has 1 amide bonds. The smallest absolute Gasteiger partial charge is 0.220 e. The van der Waals surface area contributed by atoms with Gasteiger partial charge in [0.15, 0.2) is 5.82 Å². The lowest BCUT2D eigenvalue weighted by Crippen LogP contribution is -2.26. The van der Waals surface area contributed by atoms with Crippen LogP contribution in [0.2, 0.25) is 0 Å². The maximum Gasteiger partial charge on any atom is 0.220 e. The molecule has 134 valence electrons. The average Bonchev–Trinajstić information content (AvgIpc) is 3.14. The lowest BCUT2D eigenvalue weighted by atomic mass is 9.95. The van der Waals surface area contributed by atoms with E-state index in [1.807, 2.05) is 30.3 Å². The topological polar surface area (TPSA) is 69.0 Å². The minimum atomic E-state index is 0.0230. The van der Waals surface area contributed by atoms with Crippen molar-refractivity contribution in [3.63, 3.8) is 0 Å². The van der Waals surface area contributed by atoms with Crippen LogP contribution in [0.3, 0.4) is 0 Å². The van der Waals surface area contributed by atoms with Crippen molar-refractivity contribution < 1.29 is 9.53 Å². The SMILES string of the molecule is O=C(CCCOc1ccccc1)NCc1nncn1C1CCCCC1. The summed E-state index contributed by atoms with van der Waals surface area (Å²) in [6, 6.07) is 10.1. The molecule has 0 saturated heterocycles. The maximum atomic E-state index is 12.0. The number of hydrogen-bond donors (Lipinski definition) is 1. The van der Waals surface area contributed by atoms with E-state index in [0.717, 1.165) is 11.6 Å². The second kappa shape index (κ2) is 9.20. The second-order valence-electron chi connectivity index (χ2n) is 6.49. The number of amides is 1. The molecule has 0 spiro atoms. The Morgan fingerprint density at radius 3 is 2.80 bits per heavy atom. The number of rotatable bonds is 8. The number of hydrogen-bond acceptors (Lipinski definition) is 4. The van der Waals surface area contributed by atoms with Gasteiger partial charge in [-0.05, 0) is 31.4 Å². The number of para-hydroxylation sites is 1. The van der Waals surface area contributed by atoms with Crippen molar-refractivity contribution in [3.8, 4) is 5.75 Å². The number of nitrogens with zero attached hydrogens (tertiary/aromatic N) is 3. The molecule has 1 aliphatic carbocycles. The van der Waals surface area contributed by atoms with Gasteiger partial charge in [0.25, 0.3) is 0 Å². The molecule has 0 atom stereocenters. The zero-order valence-electron chi connectivity index (χ0n) is 14.6. The summed E-state index contributed by atoms with van der Waals surface area (Å²) in [4.78, 5) is 12.0. The molecule has 1 aromatic heterocycles. The predicted octanol–water partition coefficient (Wildman–Crippen LogP) is 3.26. The van der Waals surface area contributed by atoms with Crippen LogP contribution in [0.1, 0.15) is 56.8 Å². The number of benzene rings is 1. The molecule has 1 aromatic carbocycles. The summed E-state index contributed by atoms with van der Waals surface area (Å²) in [5.74, 6) is 1.71. The Balaban J connectivity index is 1.37. The number of carbonyl (C=O) groups is 1. The molecule has 1 aliphatic rings. The van der Waals surface area contributed by atoms with Gasteiger partial charge in [0, 0.05) is 12.5 Å². The molecule has 1 N–H and O–H groups in total. The predicted molar refractivity (Wildman–Crippen MR) is 95.2 cm³/mol. The van der Waals surface area contributed by atoms with Crippen LogP contribution in [0, 0.1) is 0 Å². The normalized spacial score (nSPS) is 15.0. The van der Waals surface area contributed by atoms with Crippen LogP contribution in [0.25, 0.3) is 0 Å². The first kappa shape index (κ1) is 17.5. The summed E-state index contributed by atoms with van der Waals surface area (Å²) in [5.41, 5.74) is 0. The molecule has 0 unspecified atom stereocenters. The molecule has 1 saturated carbocycles. The van der Waals surface area contributed by atoms with E-state index in [4.69, 9.17) is 4.74 Å². The molecule has 0 radical (unpaired) electrons. The van der Waals surface area contributed by atoms with Gasteiger partial charge in [-0.15, -0.1) is 10.2 Å². The first-order chi connectivity index (χ1) is 12.3. The second-order valence-corrected chi connectivity index (χ2v) is 6.49. The van der Waals surface area contributed by atoms with E-state index in [-0.39, 0.29) is 5.91 Å². The van der Waals surface area contributed by atoms with Gasteiger partial charge in [-0.2, -0.15) is 0 Å². The number of ether oxygens (including phenoxy) is 1. The minimum Gasteiger partial charge on any atom is -0.494 e. The molecule has 1 fully saturated rings. The summed E-state index contributed by atoms with van der Waals surface area (Å²) in [5, 5.41) is 11.1. The molecule has 0 aliphatic heterocycles. The van der Waals surface area contributed by atoms with Gasteiger partial charge in [0.2, 0.25) is 5.91 Å². The zero-order chi connectivity index (χ0) is 17.3. The van der Waals surface area contributed by atoms with Crippen LogP contribution in [0.4, 0.5) is 0 Å². The van der Waals surface area contributed by atoms with Crippen LogP contribution in [-0.4, -0.2) is 27.3 Å². The fourth-order valence-corrected chi connectivity index (χ4v) is 3.26. The maximum absolute atomic E-state index is 12.0. The van der Waals surface area contributed by atoms with E-state index >= 15 is 0 Å². The van der Waals surface area contributed by atoms with E-state index in [0.29, 0.717) is 32.0 Å². The molecule has 2 aromatic rings. The Bertz CT molecular complexity index is 650. The monoisotopic (exact) mass is 342 g/mol. The lowest BCUT2D eigenvalue weighted by molar-refractivity contribution is -0.121.